The minimum Gasteiger partial charge on any atom is -0.224 e. The van der Waals surface area contributed by atoms with Crippen LogP contribution in [0.2, 0.25) is 0 Å². The molecule has 1 unspecified atom stereocenters. The summed E-state index contributed by atoms with van der Waals surface area (Å²) in [4.78, 5) is 0.403. The van der Waals surface area contributed by atoms with Gasteiger partial charge in [0.1, 0.15) is 0 Å². The molecule has 112 valence electrons. The Bertz CT molecular complexity index is 708. The summed E-state index contributed by atoms with van der Waals surface area (Å²) in [5.74, 6) is 0.136. The van der Waals surface area contributed by atoms with E-state index in [1.807, 2.05) is 6.92 Å². The zero-order chi connectivity index (χ0) is 15.0. The molecule has 0 amide bonds. The van der Waals surface area contributed by atoms with Crippen molar-refractivity contribution < 1.29 is 16.8 Å². The van der Waals surface area contributed by atoms with Crippen molar-refractivity contribution in [2.75, 3.05) is 5.75 Å². The van der Waals surface area contributed by atoms with E-state index in [4.69, 9.17) is 0 Å². The monoisotopic (exact) mass is 317 g/mol. The molecule has 1 aliphatic rings. The number of nitrogens with one attached hydrogen (secondary N) is 1. The molecule has 0 aliphatic carbocycles. The Labute approximate surface area is 120 Å². The Morgan fingerprint density at radius 1 is 1.35 bits per heavy atom. The van der Waals surface area contributed by atoms with Gasteiger partial charge in [-0.2, -0.15) is 0 Å². The van der Waals surface area contributed by atoms with Crippen LogP contribution in [-0.2, 0) is 26.3 Å². The van der Waals surface area contributed by atoms with E-state index in [2.05, 4.69) is 4.72 Å². The van der Waals surface area contributed by atoms with Gasteiger partial charge in [-0.1, -0.05) is 6.92 Å². The van der Waals surface area contributed by atoms with Gasteiger partial charge in [0.15, 0.2) is 9.84 Å². The first-order chi connectivity index (χ1) is 9.26. The smallest absolute Gasteiger partial charge is 0.224 e. The molecule has 1 aliphatic heterocycles. The highest BCUT2D eigenvalue weighted by atomic mass is 32.2. The molecule has 1 N–H and O–H groups in total. The number of sulfonamides is 1. The maximum atomic E-state index is 12.2. The van der Waals surface area contributed by atoms with Crippen LogP contribution in [0.4, 0.5) is 0 Å². The second kappa shape index (κ2) is 5.46. The highest BCUT2D eigenvalue weighted by molar-refractivity contribution is 7.91. The zero-order valence-corrected chi connectivity index (χ0v) is 13.2. The van der Waals surface area contributed by atoms with Gasteiger partial charge in [-0.15, -0.1) is 0 Å². The number of rotatable bonds is 4. The van der Waals surface area contributed by atoms with Crippen molar-refractivity contribution in [3.8, 4) is 0 Å². The van der Waals surface area contributed by atoms with Crippen LogP contribution >= 0.6 is 0 Å². The summed E-state index contributed by atoms with van der Waals surface area (Å²) in [5, 5.41) is 0. The second-order valence-corrected chi connectivity index (χ2v) is 8.91. The van der Waals surface area contributed by atoms with Gasteiger partial charge in [0.05, 0.1) is 15.5 Å². The van der Waals surface area contributed by atoms with E-state index in [1.54, 1.807) is 6.92 Å². The number of hydrogen-bond acceptors (Lipinski definition) is 4. The van der Waals surface area contributed by atoms with Crippen molar-refractivity contribution in [2.45, 2.75) is 48.9 Å². The molecule has 0 radical (unpaired) electrons. The summed E-state index contributed by atoms with van der Waals surface area (Å²) < 4.78 is 50.7. The molecule has 1 heterocycles. The summed E-state index contributed by atoms with van der Waals surface area (Å²) >= 11 is 0. The van der Waals surface area contributed by atoms with Crippen LogP contribution in [0.3, 0.4) is 0 Å². The Morgan fingerprint density at radius 3 is 2.70 bits per heavy atom. The van der Waals surface area contributed by atoms with Gasteiger partial charge in [0.25, 0.3) is 0 Å². The van der Waals surface area contributed by atoms with Gasteiger partial charge in [-0.3, -0.25) is 0 Å². The third-order valence-corrected chi connectivity index (χ3v) is 6.99. The first kappa shape index (κ1) is 15.5. The number of sulfone groups is 1. The van der Waals surface area contributed by atoms with E-state index >= 15 is 0 Å². The lowest BCUT2D eigenvalue weighted by Gasteiger charge is -2.18. The molecule has 1 atom stereocenters. The van der Waals surface area contributed by atoms with Crippen LogP contribution in [0.25, 0.3) is 0 Å². The first-order valence-corrected chi connectivity index (χ1v) is 9.78. The van der Waals surface area contributed by atoms with Crippen molar-refractivity contribution in [1.29, 1.82) is 0 Å². The fraction of sp³-hybridized carbons (Fsp3) is 0.538. The molecule has 2 rings (SSSR count). The molecule has 1 aromatic rings. The molecule has 5 nitrogen and oxygen atoms in total. The van der Waals surface area contributed by atoms with Crippen LogP contribution < -0.4 is 4.72 Å². The maximum Gasteiger partial charge on any atom is 0.240 e. The molecule has 0 bridgehead atoms. The van der Waals surface area contributed by atoms with E-state index < -0.39 is 19.9 Å². The van der Waals surface area contributed by atoms with Gasteiger partial charge < -0.3 is 0 Å². The van der Waals surface area contributed by atoms with Crippen molar-refractivity contribution in [1.82, 2.24) is 4.72 Å². The highest BCUT2D eigenvalue weighted by Gasteiger charge is 2.26. The first-order valence-electron chi connectivity index (χ1n) is 6.64. The fourth-order valence-electron chi connectivity index (χ4n) is 2.20. The van der Waals surface area contributed by atoms with E-state index in [0.717, 1.165) is 0 Å². The Hall–Kier alpha value is -0.920. The summed E-state index contributed by atoms with van der Waals surface area (Å²) in [6.07, 6.45) is 1.83. The second-order valence-electron chi connectivity index (χ2n) is 5.12. The lowest BCUT2D eigenvalue weighted by molar-refractivity contribution is 0.555. The number of hydrogen-bond donors (Lipinski definition) is 1. The van der Waals surface area contributed by atoms with Crippen molar-refractivity contribution >= 4 is 19.9 Å². The average Bonchev–Trinajstić information content (AvgIpc) is 2.37. The quantitative estimate of drug-likeness (QED) is 0.912. The zero-order valence-electron chi connectivity index (χ0n) is 11.6. The normalized spacial score (nSPS) is 19.3. The molecule has 7 heteroatoms. The summed E-state index contributed by atoms with van der Waals surface area (Å²) in [5.41, 5.74) is 0.600. The SMILES string of the molecule is CCC(C)NS(=O)(=O)c1ccc2c(c1)CCCS2(=O)=O. The maximum absolute atomic E-state index is 12.2. The van der Waals surface area contributed by atoms with Gasteiger partial charge in [0, 0.05) is 6.04 Å². The Kier molecular flexibility index (Phi) is 4.22. The van der Waals surface area contributed by atoms with E-state index in [1.165, 1.54) is 18.2 Å². The number of benzene rings is 1. The molecular formula is C13H19NO4S2. The van der Waals surface area contributed by atoms with Crippen LogP contribution in [-0.4, -0.2) is 28.6 Å². The predicted molar refractivity (Wildman–Crippen MR) is 76.9 cm³/mol. The van der Waals surface area contributed by atoms with E-state index in [0.29, 0.717) is 24.8 Å². The van der Waals surface area contributed by atoms with Crippen molar-refractivity contribution in [2.24, 2.45) is 0 Å². The lowest BCUT2D eigenvalue weighted by atomic mass is 10.1. The molecule has 0 saturated heterocycles. The number of aryl methyl sites for hydroxylation is 1. The molecule has 0 saturated carbocycles. The lowest BCUT2D eigenvalue weighted by Crippen LogP contribution is -2.32. The standard InChI is InChI=1S/C13H19NO4S2/c1-3-10(2)14-20(17,18)12-6-7-13-11(9-12)5-4-8-19(13,15)16/h6-7,9-10,14H,3-5,8H2,1-2H3. The van der Waals surface area contributed by atoms with Crippen molar-refractivity contribution in [3.05, 3.63) is 23.8 Å². The molecular weight excluding hydrogens is 298 g/mol. The van der Waals surface area contributed by atoms with E-state index in [9.17, 15) is 16.8 Å². The van der Waals surface area contributed by atoms with Gasteiger partial charge in [0.2, 0.25) is 10.0 Å². The molecule has 20 heavy (non-hydrogen) atoms. The third-order valence-electron chi connectivity index (χ3n) is 3.51. The number of fused-ring (bicyclic) bond motifs is 1. The van der Waals surface area contributed by atoms with Crippen molar-refractivity contribution in [3.63, 3.8) is 0 Å². The predicted octanol–water partition coefficient (Wildman–Crippen LogP) is 1.48. The van der Waals surface area contributed by atoms with Gasteiger partial charge in [-0.05, 0) is 49.9 Å². The van der Waals surface area contributed by atoms with Crippen LogP contribution in [0.5, 0.6) is 0 Å². The summed E-state index contributed by atoms with van der Waals surface area (Å²) in [6.45, 7) is 3.69. The minimum absolute atomic E-state index is 0.133. The Balaban J connectivity index is 2.42. The summed E-state index contributed by atoms with van der Waals surface area (Å²) in [6, 6.07) is 4.11. The third kappa shape index (κ3) is 3.05. The fourth-order valence-corrected chi connectivity index (χ4v) is 5.16. The minimum atomic E-state index is -3.59. The average molecular weight is 317 g/mol. The molecule has 0 fully saturated rings. The topological polar surface area (TPSA) is 80.3 Å². The Morgan fingerprint density at radius 2 is 2.05 bits per heavy atom. The molecule has 0 aromatic heterocycles. The van der Waals surface area contributed by atoms with Gasteiger partial charge >= 0.3 is 0 Å². The van der Waals surface area contributed by atoms with Gasteiger partial charge in [-0.25, -0.2) is 21.6 Å². The van der Waals surface area contributed by atoms with E-state index in [-0.39, 0.29) is 21.6 Å². The largest absolute Gasteiger partial charge is 0.240 e. The van der Waals surface area contributed by atoms with Crippen LogP contribution in [0.1, 0.15) is 32.3 Å². The van der Waals surface area contributed by atoms with Crippen LogP contribution in [0.15, 0.2) is 28.0 Å². The molecule has 1 aromatic carbocycles. The molecule has 0 spiro atoms. The summed E-state index contributed by atoms with van der Waals surface area (Å²) in [7, 11) is -6.83. The highest BCUT2D eigenvalue weighted by Crippen LogP contribution is 2.27. The van der Waals surface area contributed by atoms with Crippen LogP contribution in [0, 0.1) is 0 Å².